The van der Waals surface area contributed by atoms with Crippen molar-refractivity contribution in [2.45, 2.75) is 12.8 Å². The van der Waals surface area contributed by atoms with Gasteiger partial charge >= 0.3 is 0 Å². The van der Waals surface area contributed by atoms with Gasteiger partial charge in [0.15, 0.2) is 0 Å². The first-order valence-corrected chi connectivity index (χ1v) is 9.08. The molecule has 7 heteroatoms. The number of carbonyl (C=O) groups is 2. The van der Waals surface area contributed by atoms with Crippen molar-refractivity contribution in [1.82, 2.24) is 14.7 Å². The number of benzene rings is 1. The molecule has 2 heterocycles. The van der Waals surface area contributed by atoms with Gasteiger partial charge in [0.05, 0.1) is 12.1 Å². The number of carbonyl (C=O) groups excluding carboxylic acids is 2. The van der Waals surface area contributed by atoms with Crippen molar-refractivity contribution in [3.8, 4) is 0 Å². The zero-order chi connectivity index (χ0) is 17.1. The zero-order valence-electron chi connectivity index (χ0n) is 13.5. The van der Waals surface area contributed by atoms with E-state index in [1.54, 1.807) is 4.90 Å². The van der Waals surface area contributed by atoms with Crippen molar-refractivity contribution in [2.24, 2.45) is 0 Å². The van der Waals surface area contributed by atoms with Crippen LogP contribution in [0.25, 0.3) is 0 Å². The van der Waals surface area contributed by atoms with Gasteiger partial charge in [-0.05, 0) is 47.0 Å². The first-order chi connectivity index (χ1) is 11.5. The molecule has 0 atom stereocenters. The van der Waals surface area contributed by atoms with Crippen LogP contribution in [0.15, 0.2) is 22.7 Å². The molecule has 5 nitrogen and oxygen atoms in total. The second-order valence-electron chi connectivity index (χ2n) is 6.28. The molecule has 0 aromatic heterocycles. The highest BCUT2D eigenvalue weighted by Crippen LogP contribution is 2.20. The highest BCUT2D eigenvalue weighted by molar-refractivity contribution is 9.10. The third kappa shape index (κ3) is 3.95. The normalized spacial score (nSPS) is 18.9. The van der Waals surface area contributed by atoms with E-state index in [2.05, 4.69) is 20.8 Å². The molecule has 3 rings (SSSR count). The number of nitrogens with zero attached hydrogens (tertiary/aromatic N) is 3. The number of amides is 2. The van der Waals surface area contributed by atoms with Crippen LogP contribution in [0.3, 0.4) is 0 Å². The van der Waals surface area contributed by atoms with Crippen molar-refractivity contribution < 1.29 is 14.0 Å². The van der Waals surface area contributed by atoms with E-state index >= 15 is 0 Å². The molecule has 24 heavy (non-hydrogen) atoms. The Morgan fingerprint density at radius 1 is 1.00 bits per heavy atom. The summed E-state index contributed by atoms with van der Waals surface area (Å²) in [6.45, 7) is 4.70. The fourth-order valence-corrected chi connectivity index (χ4v) is 3.72. The highest BCUT2D eigenvalue weighted by Gasteiger charge is 2.26. The van der Waals surface area contributed by atoms with Gasteiger partial charge in [0, 0.05) is 43.7 Å². The van der Waals surface area contributed by atoms with E-state index in [1.165, 1.54) is 18.2 Å². The maximum atomic E-state index is 13.2. The van der Waals surface area contributed by atoms with E-state index in [1.807, 2.05) is 4.90 Å². The molecule has 0 aliphatic carbocycles. The van der Waals surface area contributed by atoms with Crippen molar-refractivity contribution in [3.63, 3.8) is 0 Å². The molecule has 2 aliphatic heterocycles. The van der Waals surface area contributed by atoms with Crippen LogP contribution in [0.2, 0.25) is 0 Å². The van der Waals surface area contributed by atoms with Crippen LogP contribution in [0.1, 0.15) is 23.2 Å². The monoisotopic (exact) mass is 397 g/mol. The molecule has 0 unspecified atom stereocenters. The molecule has 2 fully saturated rings. The lowest BCUT2D eigenvalue weighted by molar-refractivity contribution is -0.131. The summed E-state index contributed by atoms with van der Waals surface area (Å²) < 4.78 is 13.6. The van der Waals surface area contributed by atoms with Gasteiger partial charge in [-0.25, -0.2) is 4.39 Å². The van der Waals surface area contributed by atoms with Crippen molar-refractivity contribution in [3.05, 3.63) is 34.1 Å². The average Bonchev–Trinajstić information content (AvgIpc) is 3.09. The van der Waals surface area contributed by atoms with E-state index in [0.29, 0.717) is 42.8 Å². The van der Waals surface area contributed by atoms with E-state index in [-0.39, 0.29) is 17.6 Å². The fraction of sp³-hybridized carbons (Fsp3) is 0.529. The molecule has 0 bridgehead atoms. The minimum absolute atomic E-state index is 0.104. The molecule has 0 N–H and O–H groups in total. The second-order valence-corrected chi connectivity index (χ2v) is 7.13. The average molecular weight is 398 g/mol. The van der Waals surface area contributed by atoms with E-state index < -0.39 is 0 Å². The summed E-state index contributed by atoms with van der Waals surface area (Å²) >= 11 is 3.25. The van der Waals surface area contributed by atoms with Gasteiger partial charge in [-0.1, -0.05) is 0 Å². The Balaban J connectivity index is 1.52. The Bertz CT molecular complexity index is 626. The SMILES string of the molecule is O=C(CN1CCN(C(=O)c2ccc(F)cc2Br)CC1)N1CCCC1. The number of hydrogen-bond donors (Lipinski definition) is 0. The standard InChI is InChI=1S/C17H21BrFN3O2/c18-15-11-13(19)3-4-14(15)17(24)22-9-7-20(8-10-22)12-16(23)21-5-1-2-6-21/h3-4,11H,1-2,5-10,12H2. The molecule has 130 valence electrons. The summed E-state index contributed by atoms with van der Waals surface area (Å²) in [6.07, 6.45) is 2.20. The quantitative estimate of drug-likeness (QED) is 0.782. The van der Waals surface area contributed by atoms with E-state index in [9.17, 15) is 14.0 Å². The second kappa shape index (κ2) is 7.61. The van der Waals surface area contributed by atoms with E-state index in [0.717, 1.165) is 25.9 Å². The van der Waals surface area contributed by atoms with Gasteiger partial charge in [0.1, 0.15) is 5.82 Å². The lowest BCUT2D eigenvalue weighted by Gasteiger charge is -2.35. The highest BCUT2D eigenvalue weighted by atomic mass is 79.9. The van der Waals surface area contributed by atoms with Crippen LogP contribution >= 0.6 is 15.9 Å². The molecule has 0 saturated carbocycles. The molecule has 2 amide bonds. The first-order valence-electron chi connectivity index (χ1n) is 8.29. The molecule has 0 radical (unpaired) electrons. The van der Waals surface area contributed by atoms with Crippen LogP contribution in [0.4, 0.5) is 4.39 Å². The topological polar surface area (TPSA) is 43.9 Å². The van der Waals surface area contributed by atoms with Crippen molar-refractivity contribution in [1.29, 1.82) is 0 Å². The summed E-state index contributed by atoms with van der Waals surface area (Å²) in [5.41, 5.74) is 0.470. The third-order valence-corrected chi connectivity index (χ3v) is 5.29. The summed E-state index contributed by atoms with van der Waals surface area (Å²) in [6, 6.07) is 4.10. The summed E-state index contributed by atoms with van der Waals surface area (Å²) in [5, 5.41) is 0. The van der Waals surface area contributed by atoms with Crippen LogP contribution in [-0.4, -0.2) is 72.3 Å². The number of likely N-dealkylation sites (tertiary alicyclic amines) is 1. The van der Waals surface area contributed by atoms with Gasteiger partial charge in [-0.3, -0.25) is 14.5 Å². The Morgan fingerprint density at radius 3 is 2.29 bits per heavy atom. The smallest absolute Gasteiger partial charge is 0.255 e. The predicted molar refractivity (Wildman–Crippen MR) is 92.3 cm³/mol. The summed E-state index contributed by atoms with van der Waals surface area (Å²) in [7, 11) is 0. The van der Waals surface area contributed by atoms with Crippen LogP contribution in [0.5, 0.6) is 0 Å². The van der Waals surface area contributed by atoms with Gasteiger partial charge in [0.2, 0.25) is 5.91 Å². The number of hydrogen-bond acceptors (Lipinski definition) is 3. The summed E-state index contributed by atoms with van der Waals surface area (Å²) in [4.78, 5) is 30.5. The molecule has 1 aromatic rings. The molecule has 1 aromatic carbocycles. The fourth-order valence-electron chi connectivity index (χ4n) is 3.20. The maximum absolute atomic E-state index is 13.2. The number of piperazine rings is 1. The minimum atomic E-state index is -0.372. The molecular formula is C17H21BrFN3O2. The van der Waals surface area contributed by atoms with Gasteiger partial charge < -0.3 is 9.80 Å². The van der Waals surface area contributed by atoms with Crippen LogP contribution in [-0.2, 0) is 4.79 Å². The molecule has 0 spiro atoms. The Hall–Kier alpha value is -1.47. The van der Waals surface area contributed by atoms with Crippen LogP contribution in [0, 0.1) is 5.82 Å². The number of halogens is 2. The minimum Gasteiger partial charge on any atom is -0.342 e. The lowest BCUT2D eigenvalue weighted by atomic mass is 10.1. The molecule has 2 saturated heterocycles. The van der Waals surface area contributed by atoms with E-state index in [4.69, 9.17) is 0 Å². The largest absolute Gasteiger partial charge is 0.342 e. The van der Waals surface area contributed by atoms with Crippen LogP contribution < -0.4 is 0 Å². The molecular weight excluding hydrogens is 377 g/mol. The van der Waals surface area contributed by atoms with Gasteiger partial charge in [-0.2, -0.15) is 0 Å². The Morgan fingerprint density at radius 2 is 1.67 bits per heavy atom. The van der Waals surface area contributed by atoms with Crippen molar-refractivity contribution >= 4 is 27.7 Å². The third-order valence-electron chi connectivity index (χ3n) is 4.64. The molecule has 2 aliphatic rings. The Kier molecular flexibility index (Phi) is 5.50. The summed E-state index contributed by atoms with van der Waals surface area (Å²) in [5.74, 6) is -0.287. The predicted octanol–water partition coefficient (Wildman–Crippen LogP) is 1.97. The van der Waals surface area contributed by atoms with Crippen molar-refractivity contribution in [2.75, 3.05) is 45.8 Å². The number of rotatable bonds is 3. The van der Waals surface area contributed by atoms with Gasteiger partial charge in [-0.15, -0.1) is 0 Å². The zero-order valence-corrected chi connectivity index (χ0v) is 15.1. The first kappa shape index (κ1) is 17.4. The lowest BCUT2D eigenvalue weighted by Crippen LogP contribution is -2.51. The van der Waals surface area contributed by atoms with Gasteiger partial charge in [0.25, 0.3) is 5.91 Å². The maximum Gasteiger partial charge on any atom is 0.255 e. The Labute approximate surface area is 149 Å².